The van der Waals surface area contributed by atoms with Crippen LogP contribution in [0.5, 0.6) is 0 Å². The van der Waals surface area contributed by atoms with Crippen LogP contribution in [0.25, 0.3) is 0 Å². The minimum absolute atomic E-state index is 0.280. The van der Waals surface area contributed by atoms with Crippen LogP contribution in [0.4, 0.5) is 4.79 Å². The quantitative estimate of drug-likeness (QED) is 0.287. The summed E-state index contributed by atoms with van der Waals surface area (Å²) in [5.74, 6) is 0. The molecule has 21 heavy (non-hydrogen) atoms. The molecule has 0 aliphatic rings. The van der Waals surface area contributed by atoms with Crippen LogP contribution in [0.2, 0.25) is 0 Å². The van der Waals surface area contributed by atoms with Crippen molar-refractivity contribution in [3.63, 3.8) is 0 Å². The minimum atomic E-state index is -0.783. The van der Waals surface area contributed by atoms with Gasteiger partial charge in [0.25, 0.3) is 0 Å². The Hall–Kier alpha value is -1.55. The van der Waals surface area contributed by atoms with Gasteiger partial charge in [-0.1, -0.05) is 56.5 Å². The molecule has 0 amide bonds. The van der Waals surface area contributed by atoms with Crippen LogP contribution in [0.15, 0.2) is 30.3 Å². The van der Waals surface area contributed by atoms with E-state index in [2.05, 4.69) is 6.92 Å². The predicted octanol–water partition coefficient (Wildman–Crippen LogP) is 4.67. The Balaban J connectivity index is 2.15. The third kappa shape index (κ3) is 8.35. The van der Waals surface area contributed by atoms with E-state index in [0.717, 1.165) is 31.2 Å². The van der Waals surface area contributed by atoms with Gasteiger partial charge < -0.3 is 4.74 Å². The molecule has 0 saturated carbocycles. The van der Waals surface area contributed by atoms with Gasteiger partial charge in [0, 0.05) is 6.42 Å². The third-order valence-corrected chi connectivity index (χ3v) is 3.17. The second-order valence-electron chi connectivity index (χ2n) is 5.72. The molecule has 0 N–H and O–H groups in total. The van der Waals surface area contributed by atoms with Crippen LogP contribution < -0.4 is 0 Å². The van der Waals surface area contributed by atoms with Crippen LogP contribution in [0, 0.1) is 0 Å². The van der Waals surface area contributed by atoms with Gasteiger partial charge in [0.05, 0.1) is 6.61 Å². The highest BCUT2D eigenvalue weighted by atomic mass is 17.2. The average Bonchev–Trinajstić information content (AvgIpc) is 2.47. The summed E-state index contributed by atoms with van der Waals surface area (Å²) in [4.78, 5) is 21.3. The lowest BCUT2D eigenvalue weighted by Crippen LogP contribution is -2.26. The second-order valence-corrected chi connectivity index (χ2v) is 5.72. The van der Waals surface area contributed by atoms with Gasteiger partial charge in [-0.3, -0.25) is 4.89 Å². The number of carbonyl (C=O) groups is 1. The van der Waals surface area contributed by atoms with E-state index in [0.29, 0.717) is 6.42 Å². The molecule has 0 radical (unpaired) electrons. The fraction of sp³-hybridized carbons (Fsp3) is 0.588. The van der Waals surface area contributed by atoms with Crippen molar-refractivity contribution in [3.05, 3.63) is 35.9 Å². The van der Waals surface area contributed by atoms with Crippen molar-refractivity contribution in [2.45, 2.75) is 58.5 Å². The zero-order valence-corrected chi connectivity index (χ0v) is 13.3. The Bertz CT molecular complexity index is 401. The summed E-state index contributed by atoms with van der Waals surface area (Å²) >= 11 is 0. The van der Waals surface area contributed by atoms with E-state index in [1.807, 2.05) is 44.2 Å². The molecule has 0 bridgehead atoms. The van der Waals surface area contributed by atoms with Crippen LogP contribution in [-0.2, 0) is 20.9 Å². The number of ether oxygens (including phenoxy) is 1. The van der Waals surface area contributed by atoms with Crippen LogP contribution in [0.1, 0.15) is 52.0 Å². The van der Waals surface area contributed by atoms with E-state index in [1.54, 1.807) is 0 Å². The SMILES string of the molecule is CCCCCC(C)(C)OOC(=O)OCCc1ccccc1. The number of carbonyl (C=O) groups excluding carboxylic acids is 1. The average molecular weight is 294 g/mol. The molecule has 1 aromatic carbocycles. The smallest absolute Gasteiger partial charge is 0.432 e. The molecule has 0 aromatic heterocycles. The zero-order valence-electron chi connectivity index (χ0n) is 13.3. The number of benzene rings is 1. The normalized spacial score (nSPS) is 11.2. The van der Waals surface area contributed by atoms with Gasteiger partial charge >= 0.3 is 6.16 Å². The highest BCUT2D eigenvalue weighted by Gasteiger charge is 2.22. The second kappa shape index (κ2) is 9.40. The maximum absolute atomic E-state index is 11.4. The van der Waals surface area contributed by atoms with Crippen molar-refractivity contribution in [1.29, 1.82) is 0 Å². The van der Waals surface area contributed by atoms with Crippen molar-refractivity contribution in [1.82, 2.24) is 0 Å². The summed E-state index contributed by atoms with van der Waals surface area (Å²) in [6.07, 6.45) is 4.07. The maximum atomic E-state index is 11.4. The fourth-order valence-electron chi connectivity index (χ4n) is 1.91. The first-order valence-corrected chi connectivity index (χ1v) is 7.60. The standard InChI is InChI=1S/C17H26O4/c1-4-5-9-13-17(2,3)21-20-16(18)19-14-12-15-10-7-6-8-11-15/h6-8,10-11H,4-5,9,12-14H2,1-3H3. The maximum Gasteiger partial charge on any atom is 0.540 e. The van der Waals surface area contributed by atoms with Gasteiger partial charge in [-0.25, -0.2) is 4.79 Å². The molecule has 118 valence electrons. The highest BCUT2D eigenvalue weighted by molar-refractivity contribution is 5.59. The lowest BCUT2D eigenvalue weighted by atomic mass is 10.0. The van der Waals surface area contributed by atoms with E-state index in [9.17, 15) is 4.79 Å². The lowest BCUT2D eigenvalue weighted by molar-refractivity contribution is -0.318. The van der Waals surface area contributed by atoms with E-state index < -0.39 is 11.8 Å². The van der Waals surface area contributed by atoms with Crippen molar-refractivity contribution < 1.29 is 19.3 Å². The topological polar surface area (TPSA) is 44.8 Å². The van der Waals surface area contributed by atoms with E-state index in [1.165, 1.54) is 0 Å². The van der Waals surface area contributed by atoms with E-state index in [4.69, 9.17) is 14.5 Å². The molecule has 0 unspecified atom stereocenters. The molecule has 4 heteroatoms. The Labute approximate surface area is 127 Å². The summed E-state index contributed by atoms with van der Waals surface area (Å²) in [7, 11) is 0. The van der Waals surface area contributed by atoms with Gasteiger partial charge in [0.1, 0.15) is 5.60 Å². The van der Waals surface area contributed by atoms with Crippen LogP contribution in [0.3, 0.4) is 0 Å². The largest absolute Gasteiger partial charge is 0.540 e. The third-order valence-electron chi connectivity index (χ3n) is 3.17. The fourth-order valence-corrected chi connectivity index (χ4v) is 1.91. The van der Waals surface area contributed by atoms with Crippen molar-refractivity contribution >= 4 is 6.16 Å². The summed E-state index contributed by atoms with van der Waals surface area (Å²) < 4.78 is 4.98. The van der Waals surface area contributed by atoms with Gasteiger partial charge in [0.15, 0.2) is 0 Å². The number of rotatable bonds is 9. The van der Waals surface area contributed by atoms with Gasteiger partial charge in [-0.15, -0.1) is 0 Å². The number of hydrogen-bond donors (Lipinski definition) is 0. The minimum Gasteiger partial charge on any atom is -0.432 e. The molecule has 1 rings (SSSR count). The molecule has 0 aliphatic heterocycles. The van der Waals surface area contributed by atoms with Crippen LogP contribution >= 0.6 is 0 Å². The molecule has 1 aromatic rings. The van der Waals surface area contributed by atoms with E-state index in [-0.39, 0.29) is 6.61 Å². The lowest BCUT2D eigenvalue weighted by Gasteiger charge is -2.22. The summed E-state index contributed by atoms with van der Waals surface area (Å²) in [5.41, 5.74) is 0.638. The zero-order chi connectivity index (χ0) is 15.6. The first-order valence-electron chi connectivity index (χ1n) is 7.60. The number of unbranched alkanes of at least 4 members (excludes halogenated alkanes) is 2. The van der Waals surface area contributed by atoms with Crippen molar-refractivity contribution in [3.8, 4) is 0 Å². The van der Waals surface area contributed by atoms with Gasteiger partial charge in [0.2, 0.25) is 0 Å². The highest BCUT2D eigenvalue weighted by Crippen LogP contribution is 2.19. The Morgan fingerprint density at radius 2 is 1.86 bits per heavy atom. The summed E-state index contributed by atoms with van der Waals surface area (Å²) in [5, 5.41) is 0. The Morgan fingerprint density at radius 3 is 2.52 bits per heavy atom. The molecular weight excluding hydrogens is 268 g/mol. The van der Waals surface area contributed by atoms with Gasteiger partial charge in [-0.05, 0) is 25.8 Å². The molecule has 0 aliphatic carbocycles. The van der Waals surface area contributed by atoms with Crippen LogP contribution in [-0.4, -0.2) is 18.4 Å². The molecule has 0 fully saturated rings. The first kappa shape index (κ1) is 17.5. The first-order chi connectivity index (χ1) is 10.0. The molecule has 0 heterocycles. The molecule has 0 saturated heterocycles. The van der Waals surface area contributed by atoms with Crippen molar-refractivity contribution in [2.75, 3.05) is 6.61 Å². The predicted molar refractivity (Wildman–Crippen MR) is 81.9 cm³/mol. The van der Waals surface area contributed by atoms with Crippen molar-refractivity contribution in [2.24, 2.45) is 0 Å². The summed E-state index contributed by atoms with van der Waals surface area (Å²) in [6, 6.07) is 9.84. The molecule has 0 spiro atoms. The number of hydrogen-bond acceptors (Lipinski definition) is 4. The Kier molecular flexibility index (Phi) is 7.83. The Morgan fingerprint density at radius 1 is 1.14 bits per heavy atom. The summed E-state index contributed by atoms with van der Waals surface area (Å²) in [6.45, 7) is 6.23. The molecule has 4 nitrogen and oxygen atoms in total. The van der Waals surface area contributed by atoms with E-state index >= 15 is 0 Å². The monoisotopic (exact) mass is 294 g/mol. The van der Waals surface area contributed by atoms with Gasteiger partial charge in [-0.2, -0.15) is 4.89 Å². The molecule has 0 atom stereocenters. The molecular formula is C17H26O4.